The highest BCUT2D eigenvalue weighted by Crippen LogP contribution is 2.55. The van der Waals surface area contributed by atoms with Crippen molar-refractivity contribution in [2.24, 2.45) is 0 Å². The summed E-state index contributed by atoms with van der Waals surface area (Å²) < 4.78 is 0. The van der Waals surface area contributed by atoms with Gasteiger partial charge in [0.2, 0.25) is 0 Å². The van der Waals surface area contributed by atoms with Crippen LogP contribution in [-0.2, 0) is 16.2 Å². The van der Waals surface area contributed by atoms with Crippen LogP contribution in [-0.4, -0.2) is 0 Å². The molecule has 2 heteroatoms. The summed E-state index contributed by atoms with van der Waals surface area (Å²) in [4.78, 5) is 4.79. The standard InChI is InChI=1S/C73H64N2/c1-45-11-23-53(24-12-45)74(54-25-13-46(2)14-26-54)57-31-37-63-61-35-21-51(41-67(61)72(7,8)69(63)43-57)49-19-33-59-60-34-20-50(40-66(60)71(5,6)65(59)39-49)52-22-36-62-64-38-32-58(44-70(64)73(9,10)68(62)42-52)75(55-27-15-47(3)16-28-55)56-29-17-48(4)18-30-56/h11-44H,1-10H3. The molecular formula is C73H64N2. The largest absolute Gasteiger partial charge is 0.310 e. The Bertz CT molecular complexity index is 3570. The predicted molar refractivity (Wildman–Crippen MR) is 318 cm³/mol. The average Bonchev–Trinajstić information content (AvgIpc) is 3.92. The molecule has 0 fully saturated rings. The van der Waals surface area contributed by atoms with Gasteiger partial charge in [-0.2, -0.15) is 0 Å². The van der Waals surface area contributed by atoms with Gasteiger partial charge in [-0.3, -0.25) is 0 Å². The molecule has 0 amide bonds. The lowest BCUT2D eigenvalue weighted by molar-refractivity contribution is 0.659. The molecule has 0 bridgehead atoms. The highest BCUT2D eigenvalue weighted by atomic mass is 15.1. The van der Waals surface area contributed by atoms with Crippen LogP contribution in [0.2, 0.25) is 0 Å². The van der Waals surface area contributed by atoms with Gasteiger partial charge in [0.05, 0.1) is 0 Å². The highest BCUT2D eigenvalue weighted by molar-refractivity contribution is 5.91. The summed E-state index contributed by atoms with van der Waals surface area (Å²) in [7, 11) is 0. The van der Waals surface area contributed by atoms with Gasteiger partial charge in [0.15, 0.2) is 0 Å². The fourth-order valence-electron chi connectivity index (χ4n) is 12.9. The quantitative estimate of drug-likeness (QED) is 0.150. The van der Waals surface area contributed by atoms with E-state index in [2.05, 4.69) is 285 Å². The summed E-state index contributed by atoms with van der Waals surface area (Å²) in [6.07, 6.45) is 0. The van der Waals surface area contributed by atoms with Gasteiger partial charge in [-0.25, -0.2) is 0 Å². The van der Waals surface area contributed by atoms with Crippen molar-refractivity contribution in [3.8, 4) is 55.6 Å². The van der Waals surface area contributed by atoms with Gasteiger partial charge in [0.1, 0.15) is 0 Å². The molecule has 0 atom stereocenters. The first-order chi connectivity index (χ1) is 36.0. The Balaban J connectivity index is 0.795. The Kier molecular flexibility index (Phi) is 10.5. The maximum absolute atomic E-state index is 2.48. The maximum atomic E-state index is 2.48. The number of hydrogen-bond donors (Lipinski definition) is 0. The number of benzene rings is 10. The summed E-state index contributed by atoms with van der Waals surface area (Å²) in [5, 5.41) is 0. The van der Waals surface area contributed by atoms with Crippen molar-refractivity contribution >= 4 is 34.1 Å². The van der Waals surface area contributed by atoms with E-state index in [-0.39, 0.29) is 16.2 Å². The second kappa shape index (κ2) is 16.9. The van der Waals surface area contributed by atoms with Crippen molar-refractivity contribution in [3.63, 3.8) is 0 Å². The lowest BCUT2D eigenvalue weighted by Crippen LogP contribution is -2.17. The number of anilines is 6. The molecule has 0 aliphatic heterocycles. The summed E-state index contributed by atoms with van der Waals surface area (Å²) in [6.45, 7) is 23.0. The minimum Gasteiger partial charge on any atom is -0.310 e. The van der Waals surface area contributed by atoms with E-state index < -0.39 is 0 Å². The summed E-state index contributed by atoms with van der Waals surface area (Å²) in [5.74, 6) is 0. The van der Waals surface area contributed by atoms with Gasteiger partial charge in [0, 0.05) is 50.4 Å². The molecule has 0 saturated heterocycles. The fraction of sp³-hybridized carbons (Fsp3) is 0.178. The zero-order valence-corrected chi connectivity index (χ0v) is 45.0. The molecule has 0 saturated carbocycles. The van der Waals surface area contributed by atoms with Crippen LogP contribution in [0.4, 0.5) is 34.1 Å². The van der Waals surface area contributed by atoms with E-state index in [1.807, 2.05) is 0 Å². The third kappa shape index (κ3) is 7.43. The molecule has 0 aromatic heterocycles. The molecule has 13 rings (SSSR count). The third-order valence-corrected chi connectivity index (χ3v) is 17.3. The van der Waals surface area contributed by atoms with E-state index in [0.29, 0.717) is 0 Å². The molecule has 75 heavy (non-hydrogen) atoms. The molecule has 366 valence electrons. The molecule has 10 aromatic carbocycles. The van der Waals surface area contributed by atoms with Gasteiger partial charge in [-0.1, -0.05) is 173 Å². The normalized spacial score (nSPS) is 14.6. The molecule has 2 nitrogen and oxygen atoms in total. The second-order valence-corrected chi connectivity index (χ2v) is 23.4. The third-order valence-electron chi connectivity index (χ3n) is 17.3. The Hall–Kier alpha value is -8.20. The van der Waals surface area contributed by atoms with Crippen molar-refractivity contribution in [2.45, 2.75) is 85.5 Å². The number of nitrogens with zero attached hydrogens (tertiary/aromatic N) is 2. The van der Waals surface area contributed by atoms with E-state index in [1.165, 1.54) is 123 Å². The van der Waals surface area contributed by atoms with Gasteiger partial charge >= 0.3 is 0 Å². The lowest BCUT2D eigenvalue weighted by atomic mass is 9.79. The number of rotatable bonds is 8. The Morgan fingerprint density at radius 1 is 0.213 bits per heavy atom. The van der Waals surface area contributed by atoms with Crippen LogP contribution in [0.3, 0.4) is 0 Å². The molecule has 0 unspecified atom stereocenters. The number of aryl methyl sites for hydroxylation is 4. The zero-order chi connectivity index (χ0) is 51.7. The topological polar surface area (TPSA) is 6.48 Å². The SMILES string of the molecule is Cc1ccc(N(c2ccc(C)cc2)c2ccc3c(c2)C(C)(C)c2cc(-c4ccc5c(c4)C(C)(C)c4cc(-c6ccc7c(c6)C(C)(C)c6cc(N(c8ccc(C)cc8)c8ccc(C)cc8)ccc6-7)ccc4-5)ccc2-3)cc1. The first-order valence-electron chi connectivity index (χ1n) is 26.8. The van der Waals surface area contributed by atoms with E-state index in [1.54, 1.807) is 0 Å². The first kappa shape index (κ1) is 46.6. The Morgan fingerprint density at radius 3 is 0.627 bits per heavy atom. The fourth-order valence-corrected chi connectivity index (χ4v) is 12.9. The van der Waals surface area contributed by atoms with Gasteiger partial charge in [-0.05, 0) is 214 Å². The summed E-state index contributed by atoms with van der Waals surface area (Å²) in [5.41, 5.74) is 32.8. The first-order valence-corrected chi connectivity index (χ1v) is 26.8. The Morgan fingerprint density at radius 2 is 0.400 bits per heavy atom. The molecular weight excluding hydrogens is 905 g/mol. The molecule has 0 spiro atoms. The van der Waals surface area contributed by atoms with Crippen molar-refractivity contribution in [1.82, 2.24) is 0 Å². The van der Waals surface area contributed by atoms with Crippen LogP contribution in [0.25, 0.3) is 55.6 Å². The average molecular weight is 969 g/mol. The number of fused-ring (bicyclic) bond motifs is 9. The van der Waals surface area contributed by atoms with E-state index >= 15 is 0 Å². The van der Waals surface area contributed by atoms with E-state index in [4.69, 9.17) is 0 Å². The van der Waals surface area contributed by atoms with Crippen LogP contribution in [0, 0.1) is 27.7 Å². The maximum Gasteiger partial charge on any atom is 0.0465 e. The van der Waals surface area contributed by atoms with Crippen molar-refractivity contribution < 1.29 is 0 Å². The molecule has 10 aromatic rings. The Labute approximate surface area is 444 Å². The molecule has 3 aliphatic carbocycles. The number of hydrogen-bond acceptors (Lipinski definition) is 2. The smallest absolute Gasteiger partial charge is 0.0465 e. The minimum absolute atomic E-state index is 0.177. The van der Waals surface area contributed by atoms with Gasteiger partial charge in [0.25, 0.3) is 0 Å². The highest BCUT2D eigenvalue weighted by Gasteiger charge is 2.40. The molecule has 0 radical (unpaired) electrons. The monoisotopic (exact) mass is 969 g/mol. The lowest BCUT2D eigenvalue weighted by Gasteiger charge is -2.28. The van der Waals surface area contributed by atoms with E-state index in [9.17, 15) is 0 Å². The van der Waals surface area contributed by atoms with Crippen LogP contribution < -0.4 is 9.80 Å². The molecule has 0 N–H and O–H groups in total. The molecule has 3 aliphatic rings. The summed E-state index contributed by atoms with van der Waals surface area (Å²) >= 11 is 0. The van der Waals surface area contributed by atoms with Crippen molar-refractivity contribution in [1.29, 1.82) is 0 Å². The van der Waals surface area contributed by atoms with Crippen LogP contribution in [0.1, 0.15) is 97.2 Å². The van der Waals surface area contributed by atoms with Crippen molar-refractivity contribution in [2.75, 3.05) is 9.80 Å². The van der Waals surface area contributed by atoms with Gasteiger partial charge in [-0.15, -0.1) is 0 Å². The van der Waals surface area contributed by atoms with Crippen LogP contribution >= 0.6 is 0 Å². The minimum atomic E-state index is -0.186. The van der Waals surface area contributed by atoms with Crippen LogP contribution in [0.15, 0.2) is 206 Å². The zero-order valence-electron chi connectivity index (χ0n) is 45.0. The van der Waals surface area contributed by atoms with E-state index in [0.717, 1.165) is 22.7 Å². The van der Waals surface area contributed by atoms with Gasteiger partial charge < -0.3 is 9.80 Å². The predicted octanol–water partition coefficient (Wildman–Crippen LogP) is 20.1. The second-order valence-electron chi connectivity index (χ2n) is 23.4. The summed E-state index contributed by atoms with van der Waals surface area (Å²) in [6, 6.07) is 78.5. The van der Waals surface area contributed by atoms with Crippen LogP contribution in [0.5, 0.6) is 0 Å². The van der Waals surface area contributed by atoms with Crippen molar-refractivity contribution in [3.05, 3.63) is 262 Å². The molecule has 0 heterocycles.